The van der Waals surface area contributed by atoms with Crippen LogP contribution in [0.4, 0.5) is 0 Å². The SMILES string of the molecule is CCOC(=O)CBr.COc1ccc2c(c1)CCC2. The zero-order valence-corrected chi connectivity index (χ0v) is 12.5. The highest BCUT2D eigenvalue weighted by Gasteiger charge is 2.10. The van der Waals surface area contributed by atoms with Gasteiger partial charge in [0.15, 0.2) is 0 Å². The molecule has 0 spiro atoms. The lowest BCUT2D eigenvalue weighted by Crippen LogP contribution is -2.03. The standard InChI is InChI=1S/C10H12O.C4H7BrO2/c1-11-10-6-5-8-3-2-4-9(8)7-10;1-2-7-4(6)3-5/h5-7H,2-4H2,1H3;2-3H2,1H3. The number of carbonyl (C=O) groups excluding carboxylic acids is 1. The van der Waals surface area contributed by atoms with Crippen LogP contribution in [0, 0.1) is 0 Å². The molecule has 0 bridgehead atoms. The van der Waals surface area contributed by atoms with Crippen LogP contribution in [0.2, 0.25) is 0 Å². The van der Waals surface area contributed by atoms with Gasteiger partial charge in [-0.3, -0.25) is 4.79 Å². The number of hydrogen-bond acceptors (Lipinski definition) is 3. The van der Waals surface area contributed by atoms with E-state index in [1.807, 2.05) is 6.07 Å². The number of aryl methyl sites for hydroxylation is 2. The number of fused-ring (bicyclic) bond motifs is 1. The summed E-state index contributed by atoms with van der Waals surface area (Å²) in [5, 5.41) is 0.292. The molecule has 0 aromatic heterocycles. The normalized spacial score (nSPS) is 12.2. The minimum absolute atomic E-state index is 0.206. The highest BCUT2D eigenvalue weighted by atomic mass is 79.9. The van der Waals surface area contributed by atoms with Gasteiger partial charge in [0, 0.05) is 0 Å². The molecule has 0 saturated heterocycles. The van der Waals surface area contributed by atoms with E-state index in [0.717, 1.165) is 5.75 Å². The fourth-order valence-electron chi connectivity index (χ4n) is 1.87. The molecule has 1 aromatic carbocycles. The molecule has 18 heavy (non-hydrogen) atoms. The van der Waals surface area contributed by atoms with Crippen molar-refractivity contribution in [2.45, 2.75) is 26.2 Å². The molecule has 0 heterocycles. The van der Waals surface area contributed by atoms with Gasteiger partial charge >= 0.3 is 5.97 Å². The van der Waals surface area contributed by atoms with Gasteiger partial charge in [0.25, 0.3) is 0 Å². The van der Waals surface area contributed by atoms with Gasteiger partial charge in [0.2, 0.25) is 0 Å². The van der Waals surface area contributed by atoms with Gasteiger partial charge in [-0.15, -0.1) is 0 Å². The highest BCUT2D eigenvalue weighted by molar-refractivity contribution is 9.09. The number of benzene rings is 1. The summed E-state index contributed by atoms with van der Waals surface area (Å²) < 4.78 is 9.64. The maximum absolute atomic E-state index is 10.1. The Bertz CT molecular complexity index is 391. The average Bonchev–Trinajstić information content (AvgIpc) is 2.86. The minimum atomic E-state index is -0.206. The Labute approximate surface area is 117 Å². The lowest BCUT2D eigenvalue weighted by molar-refractivity contribution is -0.139. The summed E-state index contributed by atoms with van der Waals surface area (Å²) >= 11 is 2.94. The summed E-state index contributed by atoms with van der Waals surface area (Å²) in [5.74, 6) is 0.785. The summed E-state index contributed by atoms with van der Waals surface area (Å²) in [6.45, 7) is 2.24. The van der Waals surface area contributed by atoms with Crippen LogP contribution >= 0.6 is 15.9 Å². The number of carbonyl (C=O) groups is 1. The molecule has 2 rings (SSSR count). The van der Waals surface area contributed by atoms with Gasteiger partial charge in [-0.2, -0.15) is 0 Å². The van der Waals surface area contributed by atoms with Gasteiger partial charge in [0.05, 0.1) is 13.7 Å². The average molecular weight is 315 g/mol. The summed E-state index contributed by atoms with van der Waals surface area (Å²) in [6, 6.07) is 6.38. The van der Waals surface area contributed by atoms with Crippen molar-refractivity contribution in [2.24, 2.45) is 0 Å². The van der Waals surface area contributed by atoms with E-state index in [-0.39, 0.29) is 5.97 Å². The molecule has 0 fully saturated rings. The van der Waals surface area contributed by atoms with Crippen molar-refractivity contribution in [3.63, 3.8) is 0 Å². The molecule has 0 N–H and O–H groups in total. The molecule has 0 radical (unpaired) electrons. The summed E-state index contributed by atoms with van der Waals surface area (Å²) in [6.07, 6.45) is 3.79. The van der Waals surface area contributed by atoms with E-state index in [4.69, 9.17) is 4.74 Å². The number of rotatable bonds is 3. The zero-order chi connectivity index (χ0) is 13.4. The molecule has 0 amide bonds. The molecule has 1 aliphatic carbocycles. The predicted molar refractivity (Wildman–Crippen MR) is 75.4 cm³/mol. The van der Waals surface area contributed by atoms with Crippen molar-refractivity contribution >= 4 is 21.9 Å². The molecular formula is C14H19BrO3. The number of methoxy groups -OCH3 is 1. The smallest absolute Gasteiger partial charge is 0.316 e. The molecule has 4 heteroatoms. The quantitative estimate of drug-likeness (QED) is 0.635. The number of alkyl halides is 1. The van der Waals surface area contributed by atoms with Crippen LogP contribution < -0.4 is 4.74 Å². The highest BCUT2D eigenvalue weighted by Crippen LogP contribution is 2.25. The molecular weight excluding hydrogens is 296 g/mol. The van der Waals surface area contributed by atoms with E-state index in [1.165, 1.54) is 30.4 Å². The number of halogens is 1. The fourth-order valence-corrected chi connectivity index (χ4v) is 2.04. The third-order valence-corrected chi connectivity index (χ3v) is 3.18. The van der Waals surface area contributed by atoms with Crippen LogP contribution in [0.5, 0.6) is 5.75 Å². The van der Waals surface area contributed by atoms with Crippen LogP contribution in [0.25, 0.3) is 0 Å². The minimum Gasteiger partial charge on any atom is -0.497 e. The van der Waals surface area contributed by atoms with Crippen molar-refractivity contribution in [3.8, 4) is 5.75 Å². The number of ether oxygens (including phenoxy) is 2. The third kappa shape index (κ3) is 4.69. The lowest BCUT2D eigenvalue weighted by atomic mass is 10.1. The molecule has 1 aliphatic rings. The second-order valence-electron chi connectivity index (χ2n) is 3.93. The Hall–Kier alpha value is -1.03. The van der Waals surface area contributed by atoms with Gasteiger partial charge in [-0.05, 0) is 49.4 Å². The topological polar surface area (TPSA) is 35.5 Å². The largest absolute Gasteiger partial charge is 0.497 e. The lowest BCUT2D eigenvalue weighted by Gasteiger charge is -2.02. The van der Waals surface area contributed by atoms with Crippen LogP contribution in [0.15, 0.2) is 18.2 Å². The van der Waals surface area contributed by atoms with Crippen LogP contribution in [-0.2, 0) is 22.4 Å². The van der Waals surface area contributed by atoms with E-state index >= 15 is 0 Å². The molecule has 0 aliphatic heterocycles. The maximum atomic E-state index is 10.1. The molecule has 100 valence electrons. The number of hydrogen-bond donors (Lipinski definition) is 0. The first kappa shape index (κ1) is 15.0. The molecule has 1 aromatic rings. The Kier molecular flexibility index (Phi) is 6.80. The second kappa shape index (κ2) is 8.14. The van der Waals surface area contributed by atoms with E-state index in [0.29, 0.717) is 11.9 Å². The fraction of sp³-hybridized carbons (Fsp3) is 0.500. The Balaban J connectivity index is 0.000000203. The summed E-state index contributed by atoms with van der Waals surface area (Å²) in [5.41, 5.74) is 2.98. The van der Waals surface area contributed by atoms with Crippen LogP contribution in [0.3, 0.4) is 0 Å². The van der Waals surface area contributed by atoms with E-state index < -0.39 is 0 Å². The maximum Gasteiger partial charge on any atom is 0.316 e. The molecule has 0 saturated carbocycles. The van der Waals surface area contributed by atoms with E-state index in [1.54, 1.807) is 14.0 Å². The summed E-state index contributed by atoms with van der Waals surface area (Å²) in [7, 11) is 1.72. The first-order valence-corrected chi connectivity index (χ1v) is 7.20. The first-order valence-electron chi connectivity index (χ1n) is 6.08. The Morgan fingerprint density at radius 1 is 1.33 bits per heavy atom. The van der Waals surface area contributed by atoms with Crippen LogP contribution in [0.1, 0.15) is 24.5 Å². The monoisotopic (exact) mass is 314 g/mol. The summed E-state index contributed by atoms with van der Waals surface area (Å²) in [4.78, 5) is 10.1. The first-order chi connectivity index (χ1) is 8.71. The van der Waals surface area contributed by atoms with E-state index in [2.05, 4.69) is 32.8 Å². The van der Waals surface area contributed by atoms with Crippen molar-refractivity contribution in [3.05, 3.63) is 29.3 Å². The van der Waals surface area contributed by atoms with Crippen LogP contribution in [-0.4, -0.2) is 25.0 Å². The second-order valence-corrected chi connectivity index (χ2v) is 4.49. The molecule has 0 unspecified atom stereocenters. The van der Waals surface area contributed by atoms with E-state index in [9.17, 15) is 4.79 Å². The molecule has 0 atom stereocenters. The van der Waals surface area contributed by atoms with Gasteiger partial charge in [-0.25, -0.2) is 0 Å². The Morgan fingerprint density at radius 2 is 2.06 bits per heavy atom. The van der Waals surface area contributed by atoms with Crippen molar-refractivity contribution in [1.29, 1.82) is 0 Å². The number of esters is 1. The van der Waals surface area contributed by atoms with Gasteiger partial charge in [-0.1, -0.05) is 22.0 Å². The van der Waals surface area contributed by atoms with Gasteiger partial charge in [0.1, 0.15) is 11.1 Å². The predicted octanol–water partition coefficient (Wildman–Crippen LogP) is 3.13. The zero-order valence-electron chi connectivity index (χ0n) is 10.9. The van der Waals surface area contributed by atoms with Crippen molar-refractivity contribution < 1.29 is 14.3 Å². The third-order valence-electron chi connectivity index (χ3n) is 2.72. The van der Waals surface area contributed by atoms with Crippen molar-refractivity contribution in [1.82, 2.24) is 0 Å². The van der Waals surface area contributed by atoms with Crippen molar-refractivity contribution in [2.75, 3.05) is 19.0 Å². The Morgan fingerprint density at radius 3 is 2.61 bits per heavy atom. The van der Waals surface area contributed by atoms with Gasteiger partial charge < -0.3 is 9.47 Å². The molecule has 3 nitrogen and oxygen atoms in total.